The van der Waals surface area contributed by atoms with Gasteiger partial charge in [-0.05, 0) is 25.0 Å². The molecule has 1 aliphatic rings. The van der Waals surface area contributed by atoms with Gasteiger partial charge in [-0.2, -0.15) is 0 Å². The molecule has 1 atom stereocenters. The largest absolute Gasteiger partial charge is 0.273 e. The van der Waals surface area contributed by atoms with Crippen molar-refractivity contribution >= 4 is 49.8 Å². The molecule has 1 aliphatic carbocycles. The van der Waals surface area contributed by atoms with Crippen molar-refractivity contribution in [2.75, 3.05) is 0 Å². The number of carbonyl (C=O) groups excluding carboxylic acids is 2. The number of hydrogen-bond acceptors (Lipinski definition) is 2. The SMILES string of the molecule is CC1(C(=O)NNC(=O)C=Cc2ccccc2)CC1(Br)Br. The van der Waals surface area contributed by atoms with E-state index in [0.717, 1.165) is 5.56 Å². The molecule has 2 N–H and O–H groups in total. The average Bonchev–Trinajstić information content (AvgIpc) is 2.95. The van der Waals surface area contributed by atoms with Gasteiger partial charge in [0, 0.05) is 6.08 Å². The summed E-state index contributed by atoms with van der Waals surface area (Å²) in [7, 11) is 0. The molecule has 1 saturated carbocycles. The van der Waals surface area contributed by atoms with Crippen molar-refractivity contribution in [3.8, 4) is 0 Å². The number of benzene rings is 1. The van der Waals surface area contributed by atoms with E-state index in [2.05, 4.69) is 42.7 Å². The molecule has 0 radical (unpaired) electrons. The zero-order valence-corrected chi connectivity index (χ0v) is 14.0. The number of rotatable bonds is 3. The van der Waals surface area contributed by atoms with Gasteiger partial charge in [0.15, 0.2) is 0 Å². The average molecular weight is 402 g/mol. The zero-order valence-electron chi connectivity index (χ0n) is 10.8. The molecule has 106 valence electrons. The van der Waals surface area contributed by atoms with Crippen molar-refractivity contribution in [3.05, 3.63) is 42.0 Å². The van der Waals surface area contributed by atoms with Crippen LogP contribution in [-0.4, -0.2) is 15.0 Å². The molecule has 0 saturated heterocycles. The fraction of sp³-hybridized carbons (Fsp3) is 0.286. The molecule has 0 spiro atoms. The Morgan fingerprint density at radius 1 is 1.20 bits per heavy atom. The van der Waals surface area contributed by atoms with Gasteiger partial charge in [0.05, 0.1) is 8.65 Å². The monoisotopic (exact) mass is 400 g/mol. The minimum Gasteiger partial charge on any atom is -0.273 e. The van der Waals surface area contributed by atoms with Gasteiger partial charge in [-0.25, -0.2) is 0 Å². The number of hydrazine groups is 1. The number of nitrogens with one attached hydrogen (secondary N) is 2. The predicted molar refractivity (Wildman–Crippen MR) is 85.1 cm³/mol. The van der Waals surface area contributed by atoms with Crippen LogP contribution in [0.2, 0.25) is 0 Å². The fourth-order valence-corrected chi connectivity index (χ4v) is 3.16. The lowest BCUT2D eigenvalue weighted by molar-refractivity contribution is -0.130. The Morgan fingerprint density at radius 3 is 2.35 bits per heavy atom. The Kier molecular flexibility index (Phi) is 4.34. The molecular weight excluding hydrogens is 388 g/mol. The Hall–Kier alpha value is -1.14. The van der Waals surface area contributed by atoms with Crippen LogP contribution in [0, 0.1) is 5.41 Å². The molecule has 2 amide bonds. The topological polar surface area (TPSA) is 58.2 Å². The van der Waals surface area contributed by atoms with Crippen molar-refractivity contribution in [1.29, 1.82) is 0 Å². The normalized spacial score (nSPS) is 23.4. The number of halogens is 2. The maximum Gasteiger partial charge on any atom is 0.262 e. The molecule has 20 heavy (non-hydrogen) atoms. The van der Waals surface area contributed by atoms with Gasteiger partial charge < -0.3 is 0 Å². The number of amides is 2. The molecule has 6 heteroatoms. The van der Waals surface area contributed by atoms with E-state index in [1.54, 1.807) is 6.08 Å². The second-order valence-electron chi connectivity index (χ2n) is 4.90. The molecule has 0 heterocycles. The summed E-state index contributed by atoms with van der Waals surface area (Å²) < 4.78 is -0.373. The highest BCUT2D eigenvalue weighted by atomic mass is 79.9. The van der Waals surface area contributed by atoms with Crippen LogP contribution < -0.4 is 10.9 Å². The first-order valence-electron chi connectivity index (χ1n) is 6.06. The van der Waals surface area contributed by atoms with Gasteiger partial charge >= 0.3 is 0 Å². The van der Waals surface area contributed by atoms with E-state index in [1.807, 2.05) is 37.3 Å². The third-order valence-electron chi connectivity index (χ3n) is 3.28. The molecule has 4 nitrogen and oxygen atoms in total. The van der Waals surface area contributed by atoms with E-state index < -0.39 is 5.41 Å². The van der Waals surface area contributed by atoms with Crippen LogP contribution >= 0.6 is 31.9 Å². The van der Waals surface area contributed by atoms with Crippen LogP contribution in [0.15, 0.2) is 36.4 Å². The van der Waals surface area contributed by atoms with E-state index >= 15 is 0 Å². The molecule has 1 aromatic rings. The summed E-state index contributed by atoms with van der Waals surface area (Å²) in [5.41, 5.74) is 5.16. The van der Waals surface area contributed by atoms with Crippen molar-refractivity contribution in [3.63, 3.8) is 0 Å². The zero-order chi connectivity index (χ0) is 14.8. The number of carbonyl (C=O) groups is 2. The van der Waals surface area contributed by atoms with Gasteiger partial charge in [0.1, 0.15) is 0 Å². The van der Waals surface area contributed by atoms with Crippen LogP contribution in [0.3, 0.4) is 0 Å². The molecular formula is C14H14Br2N2O2. The molecule has 0 aliphatic heterocycles. The van der Waals surface area contributed by atoms with Crippen LogP contribution in [0.1, 0.15) is 18.9 Å². The summed E-state index contributed by atoms with van der Waals surface area (Å²) in [4.78, 5) is 23.5. The first-order chi connectivity index (χ1) is 9.35. The summed E-state index contributed by atoms with van der Waals surface area (Å²) in [5.74, 6) is -0.603. The molecule has 0 aromatic heterocycles. The quantitative estimate of drug-likeness (QED) is 0.464. The van der Waals surface area contributed by atoms with E-state index in [9.17, 15) is 9.59 Å². The smallest absolute Gasteiger partial charge is 0.262 e. The lowest BCUT2D eigenvalue weighted by atomic mass is 10.1. The van der Waals surface area contributed by atoms with Crippen LogP contribution in [0.25, 0.3) is 6.08 Å². The van der Waals surface area contributed by atoms with Gasteiger partial charge in [0.25, 0.3) is 5.91 Å². The summed E-state index contributed by atoms with van der Waals surface area (Å²) in [5, 5.41) is 0. The van der Waals surface area contributed by atoms with Gasteiger partial charge in [-0.15, -0.1) is 0 Å². The summed E-state index contributed by atoms with van der Waals surface area (Å²) in [6.45, 7) is 1.82. The Bertz CT molecular complexity index is 558. The highest BCUT2D eigenvalue weighted by molar-refractivity contribution is 9.25. The summed E-state index contributed by atoms with van der Waals surface area (Å²) >= 11 is 6.81. The van der Waals surface area contributed by atoms with Gasteiger partial charge in [-0.1, -0.05) is 62.2 Å². The summed E-state index contributed by atoms with van der Waals surface area (Å²) in [6.07, 6.45) is 3.72. The summed E-state index contributed by atoms with van der Waals surface area (Å²) in [6, 6.07) is 9.45. The minimum atomic E-state index is -0.552. The lowest BCUT2D eigenvalue weighted by Crippen LogP contribution is -2.45. The van der Waals surface area contributed by atoms with Crippen LogP contribution in [-0.2, 0) is 9.59 Å². The van der Waals surface area contributed by atoms with Crippen molar-refractivity contribution in [1.82, 2.24) is 10.9 Å². The van der Waals surface area contributed by atoms with E-state index in [-0.39, 0.29) is 15.0 Å². The van der Waals surface area contributed by atoms with Crippen molar-refractivity contribution in [2.45, 2.75) is 16.6 Å². The molecule has 1 aromatic carbocycles. The lowest BCUT2D eigenvalue weighted by Gasteiger charge is -2.12. The van der Waals surface area contributed by atoms with E-state index in [4.69, 9.17) is 0 Å². The molecule has 1 unspecified atom stereocenters. The molecule has 1 fully saturated rings. The van der Waals surface area contributed by atoms with Gasteiger partial charge in [-0.3, -0.25) is 20.4 Å². The van der Waals surface area contributed by atoms with E-state index in [0.29, 0.717) is 6.42 Å². The maximum atomic E-state index is 11.9. The second kappa shape index (κ2) is 5.69. The maximum absolute atomic E-state index is 11.9. The molecule has 0 bridgehead atoms. The third kappa shape index (κ3) is 3.30. The van der Waals surface area contributed by atoms with Crippen LogP contribution in [0.5, 0.6) is 0 Å². The second-order valence-corrected chi connectivity index (χ2v) is 8.67. The highest BCUT2D eigenvalue weighted by Crippen LogP contribution is 2.66. The first kappa shape index (κ1) is 15.3. The van der Waals surface area contributed by atoms with Crippen LogP contribution in [0.4, 0.5) is 0 Å². The first-order valence-corrected chi connectivity index (χ1v) is 7.65. The van der Waals surface area contributed by atoms with E-state index in [1.165, 1.54) is 6.08 Å². The number of hydrogen-bond donors (Lipinski definition) is 2. The Morgan fingerprint density at radius 2 is 1.80 bits per heavy atom. The third-order valence-corrected chi connectivity index (χ3v) is 5.60. The molecule has 2 rings (SSSR count). The van der Waals surface area contributed by atoms with Crippen molar-refractivity contribution in [2.24, 2.45) is 5.41 Å². The minimum absolute atomic E-state index is 0.229. The van der Waals surface area contributed by atoms with Crippen molar-refractivity contribution < 1.29 is 9.59 Å². The Balaban J connectivity index is 1.82. The predicted octanol–water partition coefficient (Wildman–Crippen LogP) is 2.74. The fourth-order valence-electron chi connectivity index (χ4n) is 1.68. The number of alkyl halides is 2. The highest BCUT2D eigenvalue weighted by Gasteiger charge is 2.66. The standard InChI is InChI=1S/C14H14Br2N2O2/c1-13(9-14(13,15)16)12(20)18-17-11(19)8-7-10-5-3-2-4-6-10/h2-8H,9H2,1H3,(H,17,19)(H,18,20). The van der Waals surface area contributed by atoms with Gasteiger partial charge in [0.2, 0.25) is 5.91 Å². The Labute approximate surface area is 134 Å².